The van der Waals surface area contributed by atoms with Crippen molar-refractivity contribution in [3.8, 4) is 39.1 Å². The summed E-state index contributed by atoms with van der Waals surface area (Å²) in [5.74, 6) is -0.678. The highest BCUT2D eigenvalue weighted by molar-refractivity contribution is 6.36. The number of aromatic nitrogens is 2. The number of para-hydroxylation sites is 1. The number of imide groups is 1. The number of pyridine rings is 1. The Morgan fingerprint density at radius 1 is 0.438 bits per heavy atom. The van der Waals surface area contributed by atoms with Crippen molar-refractivity contribution in [3.63, 3.8) is 0 Å². The second kappa shape index (κ2) is 11.0. The van der Waals surface area contributed by atoms with Gasteiger partial charge in [0, 0.05) is 34.3 Å². The van der Waals surface area contributed by atoms with Gasteiger partial charge >= 0.3 is 0 Å². The largest absolute Gasteiger partial charge is 0.308 e. The van der Waals surface area contributed by atoms with Crippen LogP contribution in [0, 0.1) is 0 Å². The molecule has 2 amide bonds. The number of carbonyl (C=O) groups excluding carboxylic acids is 2. The molecule has 1 aliphatic rings. The fraction of sp³-hybridized carbons (Fsp3) is 0. The van der Waals surface area contributed by atoms with Gasteiger partial charge in [0.15, 0.2) is 0 Å². The lowest BCUT2D eigenvalue weighted by Crippen LogP contribution is -2.30. The van der Waals surface area contributed by atoms with Crippen LogP contribution in [0.5, 0.6) is 0 Å². The molecule has 48 heavy (non-hydrogen) atoms. The van der Waals surface area contributed by atoms with Crippen molar-refractivity contribution in [2.24, 2.45) is 0 Å². The van der Waals surface area contributed by atoms with E-state index < -0.39 is 0 Å². The molecule has 6 aromatic carbocycles. The summed E-state index contributed by atoms with van der Waals surface area (Å²) in [4.78, 5) is 34.7. The van der Waals surface area contributed by atoms with Gasteiger partial charge in [-0.3, -0.25) is 14.6 Å². The van der Waals surface area contributed by atoms with Gasteiger partial charge < -0.3 is 4.57 Å². The zero-order valence-corrected chi connectivity index (χ0v) is 25.7. The molecule has 3 heterocycles. The molecular weight excluding hydrogens is 590 g/mol. The number of hydrogen-bond acceptors (Lipinski definition) is 3. The molecule has 5 nitrogen and oxygen atoms in total. The van der Waals surface area contributed by atoms with Gasteiger partial charge in [0.1, 0.15) is 0 Å². The maximum Gasteiger partial charge on any atom is 0.268 e. The van der Waals surface area contributed by atoms with Crippen molar-refractivity contribution >= 4 is 39.3 Å². The normalized spacial score (nSPS) is 12.6. The van der Waals surface area contributed by atoms with Gasteiger partial charge in [-0.15, -0.1) is 0 Å². The van der Waals surface area contributed by atoms with Gasteiger partial charge in [-0.2, -0.15) is 0 Å². The standard InChI is InChI=1S/C43H27N3O2/c47-42-35-17-9-19-39(45-37-18-8-7-16-33(37)34-22-20-31(26-40(34)45)32-15-10-24-44-27-32)41(35)43(48)46(42)38-23-21-30(28-11-3-1-4-12-28)25-36(38)29-13-5-2-6-14-29/h1-27H. The molecule has 2 aromatic heterocycles. The summed E-state index contributed by atoms with van der Waals surface area (Å²) in [7, 11) is 0. The first-order chi connectivity index (χ1) is 23.7. The summed E-state index contributed by atoms with van der Waals surface area (Å²) < 4.78 is 2.12. The summed E-state index contributed by atoms with van der Waals surface area (Å²) in [6.07, 6.45) is 3.61. The fourth-order valence-electron chi connectivity index (χ4n) is 7.01. The Bertz CT molecular complexity index is 2540. The van der Waals surface area contributed by atoms with Crippen molar-refractivity contribution in [1.82, 2.24) is 9.55 Å². The third kappa shape index (κ3) is 4.29. The van der Waals surface area contributed by atoms with Gasteiger partial charge in [0.2, 0.25) is 0 Å². The number of fused-ring (bicyclic) bond motifs is 4. The zero-order valence-electron chi connectivity index (χ0n) is 25.7. The molecule has 0 radical (unpaired) electrons. The molecule has 0 saturated carbocycles. The van der Waals surface area contributed by atoms with E-state index in [0.717, 1.165) is 55.2 Å². The Balaban J connectivity index is 1.24. The van der Waals surface area contributed by atoms with Gasteiger partial charge in [0.05, 0.1) is 33.5 Å². The van der Waals surface area contributed by atoms with Gasteiger partial charge in [-0.1, -0.05) is 109 Å². The molecule has 1 aliphatic heterocycles. The monoisotopic (exact) mass is 617 g/mol. The van der Waals surface area contributed by atoms with Crippen LogP contribution >= 0.6 is 0 Å². The molecule has 0 spiro atoms. The molecule has 0 unspecified atom stereocenters. The molecule has 9 rings (SSSR count). The average Bonchev–Trinajstić information content (AvgIpc) is 3.62. The number of carbonyl (C=O) groups is 2. The van der Waals surface area contributed by atoms with E-state index in [-0.39, 0.29) is 11.8 Å². The predicted octanol–water partition coefficient (Wildman–Crippen LogP) is 9.98. The smallest absolute Gasteiger partial charge is 0.268 e. The van der Waals surface area contributed by atoms with Gasteiger partial charge in [0.25, 0.3) is 11.8 Å². The molecule has 0 aliphatic carbocycles. The Kier molecular flexibility index (Phi) is 6.37. The quantitative estimate of drug-likeness (QED) is 0.181. The van der Waals surface area contributed by atoms with Crippen LogP contribution in [0.15, 0.2) is 164 Å². The minimum absolute atomic E-state index is 0.335. The highest BCUT2D eigenvalue weighted by Crippen LogP contribution is 2.42. The Hall–Kier alpha value is -6.59. The lowest BCUT2D eigenvalue weighted by Gasteiger charge is -2.20. The molecule has 0 saturated heterocycles. The Morgan fingerprint density at radius 3 is 1.92 bits per heavy atom. The lowest BCUT2D eigenvalue weighted by molar-refractivity contribution is 0.0926. The number of amides is 2. The molecule has 0 fully saturated rings. The minimum atomic E-state index is -0.343. The summed E-state index contributed by atoms with van der Waals surface area (Å²) in [5, 5.41) is 2.13. The second-order valence-corrected chi connectivity index (χ2v) is 11.9. The van der Waals surface area contributed by atoms with Crippen LogP contribution in [-0.2, 0) is 0 Å². The van der Waals surface area contributed by atoms with Crippen molar-refractivity contribution in [2.75, 3.05) is 4.90 Å². The van der Waals surface area contributed by atoms with Crippen LogP contribution in [0.1, 0.15) is 20.7 Å². The maximum atomic E-state index is 14.7. The molecule has 5 heteroatoms. The Morgan fingerprint density at radius 2 is 1.12 bits per heavy atom. The molecular formula is C43H27N3O2. The van der Waals surface area contributed by atoms with Crippen LogP contribution < -0.4 is 4.90 Å². The highest BCUT2D eigenvalue weighted by Gasteiger charge is 2.40. The van der Waals surface area contributed by atoms with E-state index in [1.54, 1.807) is 12.3 Å². The van der Waals surface area contributed by atoms with Crippen molar-refractivity contribution < 1.29 is 9.59 Å². The fourth-order valence-corrected chi connectivity index (χ4v) is 7.01. The lowest BCUT2D eigenvalue weighted by atomic mass is 9.97. The summed E-state index contributed by atoms with van der Waals surface area (Å²) in [5.41, 5.74) is 9.72. The van der Waals surface area contributed by atoms with Crippen LogP contribution in [0.2, 0.25) is 0 Å². The van der Waals surface area contributed by atoms with Crippen LogP contribution in [0.4, 0.5) is 5.69 Å². The first-order valence-electron chi connectivity index (χ1n) is 15.9. The number of benzene rings is 6. The third-order valence-corrected chi connectivity index (χ3v) is 9.23. The molecule has 0 bridgehead atoms. The van der Waals surface area contributed by atoms with E-state index in [1.165, 1.54) is 4.90 Å². The van der Waals surface area contributed by atoms with Crippen molar-refractivity contribution in [3.05, 3.63) is 175 Å². The van der Waals surface area contributed by atoms with Crippen LogP contribution in [0.3, 0.4) is 0 Å². The first kappa shape index (κ1) is 27.7. The van der Waals surface area contributed by atoms with Crippen molar-refractivity contribution in [1.29, 1.82) is 0 Å². The topological polar surface area (TPSA) is 55.2 Å². The average molecular weight is 618 g/mol. The van der Waals surface area contributed by atoms with E-state index in [0.29, 0.717) is 22.5 Å². The number of nitrogens with zero attached hydrogens (tertiary/aromatic N) is 3. The molecule has 0 atom stereocenters. The van der Waals surface area contributed by atoms with Crippen molar-refractivity contribution in [2.45, 2.75) is 0 Å². The van der Waals surface area contributed by atoms with E-state index in [2.05, 4.69) is 58.1 Å². The predicted molar refractivity (Wildman–Crippen MR) is 192 cm³/mol. The Labute approximate surface area is 277 Å². The maximum absolute atomic E-state index is 14.7. The van der Waals surface area contributed by atoms with E-state index in [9.17, 15) is 9.59 Å². The minimum Gasteiger partial charge on any atom is -0.308 e. The van der Waals surface area contributed by atoms with E-state index >= 15 is 0 Å². The van der Waals surface area contributed by atoms with Crippen LogP contribution in [0.25, 0.3) is 60.9 Å². The molecule has 226 valence electrons. The van der Waals surface area contributed by atoms with E-state index in [4.69, 9.17) is 0 Å². The number of rotatable bonds is 5. The van der Waals surface area contributed by atoms with E-state index in [1.807, 2.05) is 103 Å². The van der Waals surface area contributed by atoms with Gasteiger partial charge in [-0.05, 0) is 64.7 Å². The number of anilines is 1. The summed E-state index contributed by atoms with van der Waals surface area (Å²) >= 11 is 0. The zero-order chi connectivity index (χ0) is 32.2. The summed E-state index contributed by atoms with van der Waals surface area (Å²) in [6.45, 7) is 0. The third-order valence-electron chi connectivity index (χ3n) is 9.23. The van der Waals surface area contributed by atoms with Crippen LogP contribution in [-0.4, -0.2) is 21.4 Å². The second-order valence-electron chi connectivity index (χ2n) is 11.9. The highest BCUT2D eigenvalue weighted by atomic mass is 16.2. The SMILES string of the molecule is O=C1c2cccc(-n3c4ccccc4c4ccc(-c5cccnc5)cc43)c2C(=O)N1c1ccc(-c2ccccc2)cc1-c1ccccc1. The first-order valence-corrected chi connectivity index (χ1v) is 15.9. The van der Waals surface area contributed by atoms with Gasteiger partial charge in [-0.25, -0.2) is 4.90 Å². The molecule has 8 aromatic rings. The summed E-state index contributed by atoms with van der Waals surface area (Å²) in [6, 6.07) is 50.1. The number of hydrogen-bond donors (Lipinski definition) is 0. The molecule has 0 N–H and O–H groups in total.